The van der Waals surface area contributed by atoms with Gasteiger partial charge in [-0.15, -0.1) is 0 Å². The second-order valence-corrected chi connectivity index (χ2v) is 11.3. The largest absolute Gasteiger partial charge is 0.490 e. The number of aromatic nitrogens is 2. The van der Waals surface area contributed by atoms with Gasteiger partial charge in [0.1, 0.15) is 0 Å². The lowest BCUT2D eigenvalue weighted by molar-refractivity contribution is -0.193. The van der Waals surface area contributed by atoms with Crippen LogP contribution in [0.2, 0.25) is 5.02 Å². The van der Waals surface area contributed by atoms with Gasteiger partial charge in [-0.25, -0.2) is 14.4 Å². The first-order valence-electron chi connectivity index (χ1n) is 14.6. The molecule has 0 radical (unpaired) electrons. The molecule has 2 fully saturated rings. The molecule has 2 saturated heterocycles. The van der Waals surface area contributed by atoms with Crippen molar-refractivity contribution in [3.63, 3.8) is 0 Å². The Morgan fingerprint density at radius 3 is 1.81 bits per heavy atom. The van der Waals surface area contributed by atoms with Crippen LogP contribution in [0, 0.1) is 0 Å². The Morgan fingerprint density at radius 2 is 1.34 bits per heavy atom. The van der Waals surface area contributed by atoms with Crippen molar-refractivity contribution in [1.29, 1.82) is 0 Å². The lowest BCUT2D eigenvalue weighted by Gasteiger charge is -2.42. The van der Waals surface area contributed by atoms with E-state index in [-0.39, 0.29) is 11.8 Å². The molecule has 1 spiro atoms. The van der Waals surface area contributed by atoms with Crippen molar-refractivity contribution in [2.24, 2.45) is 0 Å². The van der Waals surface area contributed by atoms with Crippen LogP contribution in [0.3, 0.4) is 0 Å². The zero-order valence-electron chi connectivity index (χ0n) is 26.7. The van der Waals surface area contributed by atoms with E-state index in [9.17, 15) is 44.3 Å². The minimum atomic E-state index is -5.08. The number of benzene rings is 1. The van der Waals surface area contributed by atoms with Crippen molar-refractivity contribution in [3.05, 3.63) is 95.0 Å². The smallest absolute Gasteiger partial charge is 0.475 e. The van der Waals surface area contributed by atoms with E-state index in [0.717, 1.165) is 16.7 Å². The summed E-state index contributed by atoms with van der Waals surface area (Å²) in [5, 5.41) is 22.1. The number of morpholine rings is 1. The molecule has 0 saturated carbocycles. The molecule has 2 unspecified atom stereocenters. The third-order valence-corrected chi connectivity index (χ3v) is 7.30. The number of aliphatic carboxylic acids is 3. The molecule has 2 aliphatic heterocycles. The summed E-state index contributed by atoms with van der Waals surface area (Å²) >= 11 is 6.20. The standard InChI is InChI=1S/C25H25ClN4O2.3C2HF3O2/c26-22-5-1-3-20(13-22)15-29-17-23(21-4-2-8-28-14-21)25(18-29)24(31)30(11-12-32-25)16-19-6-9-27-10-7-19;3*3-2(4,5)1(6)7/h1-10,13-14,23H,11-12,15-18H2;3*(H,6,7). The van der Waals surface area contributed by atoms with Crippen LogP contribution in [-0.4, -0.2) is 109 Å². The number of nitrogens with zero attached hydrogens (tertiary/aromatic N) is 4. The van der Waals surface area contributed by atoms with E-state index in [1.54, 1.807) is 18.6 Å². The monoisotopic (exact) mass is 790 g/mol. The Labute approximate surface area is 298 Å². The minimum absolute atomic E-state index is 0.0445. The number of carbonyl (C=O) groups is 4. The van der Waals surface area contributed by atoms with Gasteiger partial charge in [0.05, 0.1) is 6.61 Å². The van der Waals surface area contributed by atoms with Crippen LogP contribution < -0.4 is 0 Å². The fourth-order valence-corrected chi connectivity index (χ4v) is 5.09. The molecule has 0 aliphatic carbocycles. The lowest BCUT2D eigenvalue weighted by atomic mass is 9.83. The maximum atomic E-state index is 13.9. The van der Waals surface area contributed by atoms with Crippen LogP contribution in [0.1, 0.15) is 22.6 Å². The van der Waals surface area contributed by atoms with E-state index in [0.29, 0.717) is 44.4 Å². The number of ether oxygens (including phenoxy) is 1. The van der Waals surface area contributed by atoms with Gasteiger partial charge in [-0.2, -0.15) is 39.5 Å². The SMILES string of the molecule is O=C(O)C(F)(F)F.O=C(O)C(F)(F)F.O=C(O)C(F)(F)F.O=C1N(Cc2ccncc2)CCOC12CN(Cc1cccc(Cl)c1)CC2c1cccnc1. The van der Waals surface area contributed by atoms with E-state index in [4.69, 9.17) is 46.0 Å². The highest BCUT2D eigenvalue weighted by Gasteiger charge is 2.57. The van der Waals surface area contributed by atoms with Gasteiger partial charge < -0.3 is 25.0 Å². The first kappa shape index (κ1) is 44.1. The number of hydrogen-bond donors (Lipinski definition) is 3. The van der Waals surface area contributed by atoms with Gasteiger partial charge in [-0.3, -0.25) is 19.7 Å². The second-order valence-electron chi connectivity index (χ2n) is 10.9. The number of alkyl halides is 9. The number of rotatable bonds is 5. The topological polar surface area (TPSA) is 170 Å². The molecule has 1 amide bonds. The molecule has 53 heavy (non-hydrogen) atoms. The molecule has 1 aromatic carbocycles. The van der Waals surface area contributed by atoms with Crippen LogP contribution in [0.4, 0.5) is 39.5 Å². The van der Waals surface area contributed by atoms with Crippen molar-refractivity contribution >= 4 is 35.4 Å². The highest BCUT2D eigenvalue weighted by molar-refractivity contribution is 6.30. The summed E-state index contributed by atoms with van der Waals surface area (Å²) < 4.78 is 102. The molecule has 4 heterocycles. The molecule has 2 aromatic heterocycles. The summed E-state index contributed by atoms with van der Waals surface area (Å²) in [6.07, 6.45) is -8.12. The first-order valence-corrected chi connectivity index (χ1v) is 14.9. The zero-order valence-corrected chi connectivity index (χ0v) is 27.5. The highest BCUT2D eigenvalue weighted by Crippen LogP contribution is 2.42. The van der Waals surface area contributed by atoms with E-state index < -0.39 is 42.0 Å². The number of amides is 1. The summed E-state index contributed by atoms with van der Waals surface area (Å²) in [4.78, 5) is 53.2. The van der Waals surface area contributed by atoms with E-state index >= 15 is 0 Å². The average Bonchev–Trinajstić information content (AvgIpc) is 3.42. The maximum Gasteiger partial charge on any atom is 0.490 e. The van der Waals surface area contributed by atoms with E-state index in [1.165, 1.54) is 0 Å². The van der Waals surface area contributed by atoms with Crippen LogP contribution >= 0.6 is 11.6 Å². The molecule has 290 valence electrons. The third kappa shape index (κ3) is 13.8. The predicted octanol–water partition coefficient (Wildman–Crippen LogP) is 5.43. The van der Waals surface area contributed by atoms with Gasteiger partial charge in [0, 0.05) is 68.5 Å². The number of carboxylic acid groups (broad SMARTS) is 3. The van der Waals surface area contributed by atoms with E-state index in [1.807, 2.05) is 53.6 Å². The van der Waals surface area contributed by atoms with Crippen molar-refractivity contribution < 1.29 is 78.7 Å². The summed E-state index contributed by atoms with van der Waals surface area (Å²) in [6.45, 7) is 3.61. The lowest BCUT2D eigenvalue weighted by Crippen LogP contribution is -2.59. The van der Waals surface area contributed by atoms with Crippen LogP contribution in [0.25, 0.3) is 0 Å². The maximum absolute atomic E-state index is 13.9. The molecular weight excluding hydrogens is 763 g/mol. The molecular formula is C31H28ClF9N4O8. The molecule has 3 N–H and O–H groups in total. The van der Waals surface area contributed by atoms with Crippen LogP contribution in [-0.2, 0) is 37.0 Å². The van der Waals surface area contributed by atoms with Crippen molar-refractivity contribution in [2.75, 3.05) is 26.2 Å². The highest BCUT2D eigenvalue weighted by atomic mass is 35.5. The third-order valence-electron chi connectivity index (χ3n) is 7.06. The van der Waals surface area contributed by atoms with Gasteiger partial charge >= 0.3 is 36.4 Å². The first-order chi connectivity index (χ1) is 24.5. The Bertz CT molecular complexity index is 1630. The Hall–Kier alpha value is -5.02. The van der Waals surface area contributed by atoms with Crippen molar-refractivity contribution in [1.82, 2.24) is 19.8 Å². The van der Waals surface area contributed by atoms with Gasteiger partial charge in [-0.1, -0.05) is 29.8 Å². The van der Waals surface area contributed by atoms with Crippen LogP contribution in [0.15, 0.2) is 73.3 Å². The molecule has 22 heteroatoms. The zero-order chi connectivity index (χ0) is 40.2. The normalized spacial score (nSPS) is 18.8. The summed E-state index contributed by atoms with van der Waals surface area (Å²) in [6, 6.07) is 15.7. The molecule has 2 atom stereocenters. The minimum Gasteiger partial charge on any atom is -0.475 e. The summed E-state index contributed by atoms with van der Waals surface area (Å²) in [5.41, 5.74) is 2.29. The molecule has 2 aliphatic rings. The predicted molar refractivity (Wildman–Crippen MR) is 163 cm³/mol. The van der Waals surface area contributed by atoms with Gasteiger partial charge in [-0.05, 0) is 47.0 Å². The number of halogens is 10. The summed E-state index contributed by atoms with van der Waals surface area (Å²) in [5.74, 6) is -8.32. The fourth-order valence-electron chi connectivity index (χ4n) is 4.87. The number of carbonyl (C=O) groups excluding carboxylic acids is 1. The number of likely N-dealkylation sites (tertiary alicyclic amines) is 1. The fraction of sp³-hybridized carbons (Fsp3) is 0.355. The number of pyridine rings is 2. The van der Waals surface area contributed by atoms with Crippen molar-refractivity contribution in [3.8, 4) is 0 Å². The number of carboxylic acids is 3. The van der Waals surface area contributed by atoms with Crippen LogP contribution in [0.5, 0.6) is 0 Å². The molecule has 5 rings (SSSR count). The quantitative estimate of drug-likeness (QED) is 0.282. The molecule has 12 nitrogen and oxygen atoms in total. The summed E-state index contributed by atoms with van der Waals surface area (Å²) in [7, 11) is 0. The average molecular weight is 791 g/mol. The number of hydrogen-bond acceptors (Lipinski definition) is 8. The van der Waals surface area contributed by atoms with Gasteiger partial charge in [0.2, 0.25) is 0 Å². The van der Waals surface area contributed by atoms with Gasteiger partial charge in [0.25, 0.3) is 5.91 Å². The van der Waals surface area contributed by atoms with Gasteiger partial charge in [0.15, 0.2) is 5.60 Å². The van der Waals surface area contributed by atoms with E-state index in [2.05, 4.69) is 20.9 Å². The Balaban J connectivity index is 0.000000379. The van der Waals surface area contributed by atoms with Crippen molar-refractivity contribution in [2.45, 2.75) is 43.1 Å². The Kier molecular flexibility index (Phi) is 15.5. The Morgan fingerprint density at radius 1 is 0.792 bits per heavy atom. The molecule has 3 aromatic rings. The molecule has 0 bridgehead atoms. The second kappa shape index (κ2) is 18.6.